The zero-order chi connectivity index (χ0) is 15.9. The third-order valence-electron chi connectivity index (χ3n) is 3.50. The number of unbranched alkanes of at least 4 members (excludes halogenated alkanes) is 6. The fraction of sp³-hybridized carbons (Fsp3) is 0.867. The molecule has 1 unspecified atom stereocenters. The average Bonchev–Trinajstić information content (AvgIpc) is 2.45. The highest BCUT2D eigenvalue weighted by Crippen LogP contribution is 2.15. The van der Waals surface area contributed by atoms with Crippen LogP contribution in [0, 0.1) is 5.92 Å². The second-order valence-corrected chi connectivity index (χ2v) is 5.29. The Morgan fingerprint density at radius 1 is 1.05 bits per heavy atom. The van der Waals surface area contributed by atoms with Crippen LogP contribution < -0.4 is 5.90 Å². The summed E-state index contributed by atoms with van der Waals surface area (Å²) in [6.45, 7) is 2.46. The van der Waals surface area contributed by atoms with Gasteiger partial charge < -0.3 is 5.11 Å². The summed E-state index contributed by atoms with van der Waals surface area (Å²) in [4.78, 5) is 31.5. The normalized spacial score (nSPS) is 12.3. The lowest BCUT2D eigenvalue weighted by Crippen LogP contribution is -2.23. The van der Waals surface area contributed by atoms with Gasteiger partial charge in [-0.1, -0.05) is 39.0 Å². The first kappa shape index (κ1) is 20.0. The van der Waals surface area contributed by atoms with Crippen molar-refractivity contribution >= 4 is 11.8 Å². The molecular formula is C15H29NO5. The lowest BCUT2D eigenvalue weighted by Gasteiger charge is -2.11. The quantitative estimate of drug-likeness (QED) is 0.209. The standard InChI is InChI=1S/C15H29NO5/c1-2-3-4-5-6-7-11-14(17)13(15(18)19)10-8-9-12-20-21-16/h13H,2-12,16H2,1H3,(H,18,19). The van der Waals surface area contributed by atoms with Gasteiger partial charge in [0, 0.05) is 6.42 Å². The number of carboxylic acids is 1. The molecule has 6 nitrogen and oxygen atoms in total. The minimum absolute atomic E-state index is 0.158. The third kappa shape index (κ3) is 11.4. The van der Waals surface area contributed by atoms with Crippen molar-refractivity contribution in [3.8, 4) is 0 Å². The highest BCUT2D eigenvalue weighted by molar-refractivity contribution is 5.98. The number of aliphatic carboxylic acids is 1. The second kappa shape index (κ2) is 14.0. The van der Waals surface area contributed by atoms with Gasteiger partial charge in [-0.2, -0.15) is 5.90 Å². The Kier molecular flexibility index (Phi) is 13.3. The average molecular weight is 303 g/mol. The van der Waals surface area contributed by atoms with E-state index in [0.717, 1.165) is 19.3 Å². The molecule has 0 saturated heterocycles. The van der Waals surface area contributed by atoms with Crippen molar-refractivity contribution in [3.63, 3.8) is 0 Å². The Balaban J connectivity index is 3.82. The summed E-state index contributed by atoms with van der Waals surface area (Å²) in [5, 5.41) is 9.12. The molecule has 1 atom stereocenters. The van der Waals surface area contributed by atoms with Crippen molar-refractivity contribution < 1.29 is 24.6 Å². The molecule has 6 heteroatoms. The summed E-state index contributed by atoms with van der Waals surface area (Å²) >= 11 is 0. The fourth-order valence-corrected chi connectivity index (χ4v) is 2.23. The van der Waals surface area contributed by atoms with Gasteiger partial charge in [0.05, 0.1) is 6.61 Å². The number of hydrogen-bond acceptors (Lipinski definition) is 5. The summed E-state index contributed by atoms with van der Waals surface area (Å²) in [5.74, 6) is 2.62. The van der Waals surface area contributed by atoms with Crippen LogP contribution in [0.5, 0.6) is 0 Å². The molecule has 21 heavy (non-hydrogen) atoms. The largest absolute Gasteiger partial charge is 0.481 e. The maximum Gasteiger partial charge on any atom is 0.314 e. The van der Waals surface area contributed by atoms with Crippen LogP contribution in [0.25, 0.3) is 0 Å². The predicted octanol–water partition coefficient (Wildman–Crippen LogP) is 3.00. The molecule has 0 spiro atoms. The van der Waals surface area contributed by atoms with Crippen LogP contribution in [0.15, 0.2) is 0 Å². The first-order chi connectivity index (χ1) is 10.1. The number of ketones is 1. The lowest BCUT2D eigenvalue weighted by atomic mass is 9.93. The van der Waals surface area contributed by atoms with E-state index >= 15 is 0 Å². The third-order valence-corrected chi connectivity index (χ3v) is 3.50. The first-order valence-electron chi connectivity index (χ1n) is 7.87. The molecular weight excluding hydrogens is 274 g/mol. The molecule has 0 bridgehead atoms. The molecule has 0 heterocycles. The summed E-state index contributed by atoms with van der Waals surface area (Å²) in [6.07, 6.45) is 8.44. The molecule has 0 amide bonds. The van der Waals surface area contributed by atoms with Crippen LogP contribution in [0.4, 0.5) is 0 Å². The zero-order valence-corrected chi connectivity index (χ0v) is 13.0. The van der Waals surface area contributed by atoms with Gasteiger partial charge in [-0.05, 0) is 25.7 Å². The molecule has 0 aliphatic rings. The molecule has 0 saturated carbocycles. The van der Waals surface area contributed by atoms with E-state index < -0.39 is 11.9 Å². The molecule has 3 N–H and O–H groups in total. The van der Waals surface area contributed by atoms with Crippen molar-refractivity contribution in [1.29, 1.82) is 0 Å². The first-order valence-corrected chi connectivity index (χ1v) is 7.87. The van der Waals surface area contributed by atoms with Crippen LogP contribution in [-0.2, 0) is 19.5 Å². The van der Waals surface area contributed by atoms with E-state index in [0.29, 0.717) is 32.3 Å². The number of Topliss-reactive ketones (excluding diaryl/α,β-unsaturated/α-hetero) is 1. The van der Waals surface area contributed by atoms with Gasteiger partial charge in [-0.25, -0.2) is 4.89 Å². The fourth-order valence-electron chi connectivity index (χ4n) is 2.23. The van der Waals surface area contributed by atoms with E-state index in [9.17, 15) is 9.59 Å². The smallest absolute Gasteiger partial charge is 0.314 e. The topological polar surface area (TPSA) is 98.9 Å². The Labute approximate surface area is 126 Å². The molecule has 0 radical (unpaired) electrons. The summed E-state index contributed by atoms with van der Waals surface area (Å²) in [5.41, 5.74) is 0. The number of hydrogen-bond donors (Lipinski definition) is 2. The molecule has 124 valence electrons. The molecule has 0 aromatic heterocycles. The Morgan fingerprint density at radius 2 is 1.71 bits per heavy atom. The molecule has 0 aliphatic carbocycles. The van der Waals surface area contributed by atoms with Crippen LogP contribution in [0.2, 0.25) is 0 Å². The van der Waals surface area contributed by atoms with Crippen LogP contribution in [0.1, 0.15) is 71.1 Å². The van der Waals surface area contributed by atoms with Gasteiger partial charge in [-0.15, -0.1) is 4.99 Å². The predicted molar refractivity (Wildman–Crippen MR) is 79.2 cm³/mol. The lowest BCUT2D eigenvalue weighted by molar-refractivity contribution is -0.299. The summed E-state index contributed by atoms with van der Waals surface area (Å²) < 4.78 is 0. The maximum atomic E-state index is 11.9. The van der Waals surface area contributed by atoms with Crippen molar-refractivity contribution in [3.05, 3.63) is 0 Å². The van der Waals surface area contributed by atoms with E-state index in [2.05, 4.69) is 16.8 Å². The number of nitrogens with two attached hydrogens (primary N) is 1. The van der Waals surface area contributed by atoms with E-state index in [1.54, 1.807) is 0 Å². The second-order valence-electron chi connectivity index (χ2n) is 5.29. The van der Waals surface area contributed by atoms with Gasteiger partial charge in [0.2, 0.25) is 0 Å². The van der Waals surface area contributed by atoms with Gasteiger partial charge >= 0.3 is 5.97 Å². The molecule has 0 aromatic carbocycles. The number of carbonyl (C=O) groups excluding carboxylic acids is 1. The zero-order valence-electron chi connectivity index (χ0n) is 13.0. The minimum Gasteiger partial charge on any atom is -0.481 e. The van der Waals surface area contributed by atoms with Crippen LogP contribution in [0.3, 0.4) is 0 Å². The number of carboxylic acid groups (broad SMARTS) is 1. The molecule has 0 fully saturated rings. The summed E-state index contributed by atoms with van der Waals surface area (Å²) in [6, 6.07) is 0. The van der Waals surface area contributed by atoms with E-state index in [1.165, 1.54) is 19.3 Å². The summed E-state index contributed by atoms with van der Waals surface area (Å²) in [7, 11) is 0. The number of rotatable bonds is 15. The molecule has 0 aromatic rings. The molecule has 0 rings (SSSR count). The van der Waals surface area contributed by atoms with E-state index in [4.69, 9.17) is 11.0 Å². The monoisotopic (exact) mass is 303 g/mol. The Morgan fingerprint density at radius 3 is 2.33 bits per heavy atom. The van der Waals surface area contributed by atoms with Gasteiger partial charge in [0.15, 0.2) is 0 Å². The van der Waals surface area contributed by atoms with Gasteiger partial charge in [-0.3, -0.25) is 9.59 Å². The van der Waals surface area contributed by atoms with Crippen molar-refractivity contribution in [1.82, 2.24) is 0 Å². The Hall–Kier alpha value is -0.980. The van der Waals surface area contributed by atoms with Gasteiger partial charge in [0.25, 0.3) is 0 Å². The van der Waals surface area contributed by atoms with E-state index in [1.807, 2.05) is 0 Å². The highest BCUT2D eigenvalue weighted by Gasteiger charge is 2.24. The Bertz CT molecular complexity index is 283. The minimum atomic E-state index is -1.03. The van der Waals surface area contributed by atoms with Gasteiger partial charge in [0.1, 0.15) is 11.7 Å². The van der Waals surface area contributed by atoms with E-state index in [-0.39, 0.29) is 5.78 Å². The SMILES string of the molecule is CCCCCCCCC(=O)C(CCCCOON)C(=O)O. The van der Waals surface area contributed by atoms with Crippen molar-refractivity contribution in [2.24, 2.45) is 11.8 Å². The van der Waals surface area contributed by atoms with Crippen molar-refractivity contribution in [2.75, 3.05) is 6.61 Å². The number of carbonyl (C=O) groups is 2. The van der Waals surface area contributed by atoms with Crippen LogP contribution >= 0.6 is 0 Å². The van der Waals surface area contributed by atoms with Crippen molar-refractivity contribution in [2.45, 2.75) is 71.1 Å². The molecule has 0 aliphatic heterocycles. The maximum absolute atomic E-state index is 11.9. The van der Waals surface area contributed by atoms with Crippen LogP contribution in [-0.4, -0.2) is 23.5 Å². The highest BCUT2D eigenvalue weighted by atomic mass is 17.3.